The number of hydrogen-bond acceptors (Lipinski definition) is 14. The van der Waals surface area contributed by atoms with E-state index >= 15 is 0 Å². The zero-order valence-electron chi connectivity index (χ0n) is 81.3. The predicted molar refractivity (Wildman–Crippen MR) is 497 cm³/mol. The van der Waals surface area contributed by atoms with Crippen LogP contribution in [0.1, 0.15) is 276 Å². The first-order valence-electron chi connectivity index (χ1n) is 46.8. The van der Waals surface area contributed by atoms with Crippen LogP contribution in [0, 0.1) is 89.9 Å². The van der Waals surface area contributed by atoms with Crippen LogP contribution >= 0.6 is 0 Å². The molecule has 0 spiro atoms. The lowest BCUT2D eigenvalue weighted by Gasteiger charge is -2.41. The lowest BCUT2D eigenvalue weighted by atomic mass is 9.93. The van der Waals surface area contributed by atoms with Crippen molar-refractivity contribution in [2.75, 3.05) is 91.6 Å². The summed E-state index contributed by atoms with van der Waals surface area (Å²) in [6.45, 7) is 88.3. The van der Waals surface area contributed by atoms with E-state index in [2.05, 4.69) is 338 Å². The van der Waals surface area contributed by atoms with Crippen molar-refractivity contribution in [1.82, 2.24) is 101 Å². The average molecular weight is 1650 g/mol. The average Bonchev–Trinajstić information content (AvgIpc) is 1.68. The van der Waals surface area contributed by atoms with Crippen LogP contribution in [-0.2, 0) is 45.8 Å². The molecule has 0 N–H and O–H groups in total. The third-order valence-electron chi connectivity index (χ3n) is 26.3. The molecular formula is C98H175N21. The Kier molecular flexibility index (Phi) is 37.0. The molecule has 14 heterocycles. The molecule has 0 amide bonds. The molecule has 21 nitrogen and oxygen atoms in total. The van der Waals surface area contributed by atoms with Crippen molar-refractivity contribution in [2.45, 2.75) is 368 Å². The smallest absolute Gasteiger partial charge is 0.105 e. The van der Waals surface area contributed by atoms with Gasteiger partial charge in [-0.2, -0.15) is 0 Å². The van der Waals surface area contributed by atoms with E-state index in [9.17, 15) is 0 Å². The van der Waals surface area contributed by atoms with E-state index in [0.717, 1.165) is 127 Å². The summed E-state index contributed by atoms with van der Waals surface area (Å²) >= 11 is 0. The van der Waals surface area contributed by atoms with Crippen molar-refractivity contribution in [3.63, 3.8) is 0 Å². The van der Waals surface area contributed by atoms with Gasteiger partial charge in [-0.25, -0.2) is 34.9 Å². The number of imidazole rings is 7. The standard InChI is InChI=1S/7C14H25N3/c3*1-12-15-7-9-16(12)10-13-6-5-8-17(11-13)14(2,3)4;4*1-12-8-16(11-15-12)9-13-6-5-7-17(10-13)14(2,3)4/h3*7,9,13H,5-6,8,10-11H2,1-4H3;4*8,11,13H,5-7,9-10H2,1-4H3/t7*13-/m1001100/s1. The molecule has 7 aromatic rings. The summed E-state index contributed by atoms with van der Waals surface area (Å²) < 4.78 is 15.8. The van der Waals surface area contributed by atoms with Crippen molar-refractivity contribution < 1.29 is 0 Å². The zero-order valence-corrected chi connectivity index (χ0v) is 81.3. The Hall–Kier alpha value is -5.81. The van der Waals surface area contributed by atoms with E-state index in [0.29, 0.717) is 38.8 Å². The highest BCUT2D eigenvalue weighted by atomic mass is 15.2. The van der Waals surface area contributed by atoms with Crippen molar-refractivity contribution in [3.8, 4) is 0 Å². The van der Waals surface area contributed by atoms with Crippen molar-refractivity contribution in [3.05, 3.63) is 128 Å². The molecule has 672 valence electrons. The molecule has 7 aliphatic heterocycles. The van der Waals surface area contributed by atoms with Crippen LogP contribution in [0.4, 0.5) is 0 Å². The second-order valence-corrected chi connectivity index (χ2v) is 44.1. The molecule has 21 heteroatoms. The molecule has 7 aromatic heterocycles. The molecular weight excluding hydrogens is 1470 g/mol. The van der Waals surface area contributed by atoms with Crippen molar-refractivity contribution >= 4 is 0 Å². The van der Waals surface area contributed by atoms with E-state index in [4.69, 9.17) is 0 Å². The van der Waals surface area contributed by atoms with Gasteiger partial charge in [0, 0.05) is 192 Å². The third-order valence-corrected chi connectivity index (χ3v) is 26.3. The maximum absolute atomic E-state index is 4.30. The minimum Gasteiger partial charge on any atom is -0.337 e. The van der Waals surface area contributed by atoms with Gasteiger partial charge in [0.25, 0.3) is 0 Å². The number of aromatic nitrogens is 14. The Morgan fingerprint density at radius 1 is 0.235 bits per heavy atom. The van der Waals surface area contributed by atoms with E-state index in [1.165, 1.54) is 182 Å². The van der Waals surface area contributed by atoms with Crippen LogP contribution < -0.4 is 0 Å². The molecule has 7 saturated heterocycles. The van der Waals surface area contributed by atoms with Crippen molar-refractivity contribution in [2.24, 2.45) is 41.4 Å². The number of rotatable bonds is 14. The summed E-state index contributed by atoms with van der Waals surface area (Å²) in [6.07, 6.45) is 47.2. The van der Waals surface area contributed by atoms with Crippen LogP contribution in [0.25, 0.3) is 0 Å². The maximum atomic E-state index is 4.30. The number of piperidine rings is 7. The van der Waals surface area contributed by atoms with Crippen molar-refractivity contribution in [1.29, 1.82) is 0 Å². The summed E-state index contributed by atoms with van der Waals surface area (Å²) in [5, 5.41) is 0. The van der Waals surface area contributed by atoms with Gasteiger partial charge in [0.05, 0.1) is 48.1 Å². The molecule has 0 aromatic carbocycles. The van der Waals surface area contributed by atoms with Gasteiger partial charge >= 0.3 is 0 Å². The fraction of sp³-hybridized carbons (Fsp3) is 0.786. The van der Waals surface area contributed by atoms with Gasteiger partial charge < -0.3 is 32.0 Å². The van der Waals surface area contributed by atoms with Crippen LogP contribution in [0.3, 0.4) is 0 Å². The van der Waals surface area contributed by atoms with Crippen LogP contribution in [-0.4, -0.2) is 232 Å². The molecule has 7 aliphatic rings. The summed E-state index contributed by atoms with van der Waals surface area (Å²) in [5.74, 6) is 8.83. The first-order chi connectivity index (χ1) is 55.7. The molecule has 0 bridgehead atoms. The fourth-order valence-electron chi connectivity index (χ4n) is 18.9. The van der Waals surface area contributed by atoms with Crippen LogP contribution in [0.2, 0.25) is 0 Å². The first kappa shape index (κ1) is 98.6. The fourth-order valence-corrected chi connectivity index (χ4v) is 18.9. The molecule has 119 heavy (non-hydrogen) atoms. The number of nitrogens with zero attached hydrogens (tertiary/aromatic N) is 21. The monoisotopic (exact) mass is 1650 g/mol. The van der Waals surface area contributed by atoms with E-state index in [-0.39, 0.29) is 0 Å². The number of hydrogen-bond donors (Lipinski definition) is 0. The van der Waals surface area contributed by atoms with Gasteiger partial charge in [0.15, 0.2) is 0 Å². The molecule has 0 saturated carbocycles. The molecule has 0 radical (unpaired) electrons. The lowest BCUT2D eigenvalue weighted by Crippen LogP contribution is -2.47. The Bertz CT molecular complexity index is 3490. The molecule has 14 rings (SSSR count). The predicted octanol–water partition coefficient (Wildman–Crippen LogP) is 18.9. The van der Waals surface area contributed by atoms with Crippen LogP contribution in [0.5, 0.6) is 0 Å². The van der Waals surface area contributed by atoms with Gasteiger partial charge in [0.2, 0.25) is 0 Å². The molecule has 0 aliphatic carbocycles. The number of aryl methyl sites for hydroxylation is 7. The van der Waals surface area contributed by atoms with E-state index in [1.807, 2.05) is 43.9 Å². The maximum Gasteiger partial charge on any atom is 0.105 e. The van der Waals surface area contributed by atoms with Gasteiger partial charge in [-0.15, -0.1) is 0 Å². The Morgan fingerprint density at radius 2 is 0.395 bits per heavy atom. The zero-order chi connectivity index (χ0) is 87.3. The Labute approximate surface area is 726 Å². The topological polar surface area (TPSA) is 147 Å². The molecule has 0 unspecified atom stereocenters. The molecule has 7 atom stereocenters. The van der Waals surface area contributed by atoms with Gasteiger partial charge in [-0.05, 0) is 371 Å². The summed E-state index contributed by atoms with van der Waals surface area (Å²) in [7, 11) is 0. The Morgan fingerprint density at radius 3 is 0.521 bits per heavy atom. The summed E-state index contributed by atoms with van der Waals surface area (Å²) in [5.41, 5.74) is 6.64. The quantitative estimate of drug-likeness (QED) is 0.102. The second kappa shape index (κ2) is 44.7. The van der Waals surface area contributed by atoms with Gasteiger partial charge in [-0.1, -0.05) is 0 Å². The van der Waals surface area contributed by atoms with Gasteiger partial charge in [0.1, 0.15) is 17.5 Å². The molecule has 7 fully saturated rings. The van der Waals surface area contributed by atoms with E-state index in [1.54, 1.807) is 0 Å². The first-order valence-corrected chi connectivity index (χ1v) is 46.8. The van der Waals surface area contributed by atoms with E-state index < -0.39 is 0 Å². The highest BCUT2D eigenvalue weighted by Crippen LogP contribution is 2.32. The second-order valence-electron chi connectivity index (χ2n) is 44.1. The highest BCUT2D eigenvalue weighted by Gasteiger charge is 2.35. The summed E-state index contributed by atoms with van der Waals surface area (Å²) in [6, 6.07) is 0. The van der Waals surface area contributed by atoms with Crippen LogP contribution in [0.15, 0.2) is 87.3 Å². The largest absolute Gasteiger partial charge is 0.337 e. The minimum atomic E-state index is 0.308. The SMILES string of the molecule is Cc1cn(C[C@@H]2CCCN(C(C)(C)C)C2)cn1.Cc1cn(C[C@@H]2CCCN(C(C)(C)C)C2)cn1.Cc1cn(C[C@H]2CCCN(C(C)(C)C)C2)cn1.Cc1cn(C[C@H]2CCCN(C(C)(C)C)C2)cn1.Cc1nccn1C[C@@H]1CCCN(C(C)(C)C)C1.Cc1nccn1C[C@@H]1CCCN(C(C)(C)C)C1.Cc1nccn1C[C@H]1CCCN(C(C)(C)C)C1. The Balaban J connectivity index is 0.000000173. The number of likely N-dealkylation sites (tertiary alicyclic amines) is 7. The van der Waals surface area contributed by atoms with Gasteiger partial charge in [-0.3, -0.25) is 34.3 Å². The normalized spacial score (nSPS) is 22.9. The third kappa shape index (κ3) is 34.0. The highest BCUT2D eigenvalue weighted by molar-refractivity contribution is 5.00. The minimum absolute atomic E-state index is 0.308. The lowest BCUT2D eigenvalue weighted by molar-refractivity contribution is 0.0731. The summed E-state index contributed by atoms with van der Waals surface area (Å²) in [4.78, 5) is 48.4.